The van der Waals surface area contributed by atoms with E-state index in [9.17, 15) is 4.79 Å². The maximum atomic E-state index is 11.4. The van der Waals surface area contributed by atoms with Gasteiger partial charge in [0.15, 0.2) is 0 Å². The van der Waals surface area contributed by atoms with Crippen LogP contribution in [-0.2, 0) is 22.8 Å². The third-order valence-corrected chi connectivity index (χ3v) is 6.93. The Morgan fingerprint density at radius 2 is 1.73 bits per heavy atom. The van der Waals surface area contributed by atoms with E-state index in [0.717, 1.165) is 60.6 Å². The van der Waals surface area contributed by atoms with Crippen molar-refractivity contribution < 1.29 is 19.6 Å². The molecule has 0 saturated carbocycles. The fourth-order valence-electron chi connectivity index (χ4n) is 4.92. The van der Waals surface area contributed by atoms with Gasteiger partial charge in [0.05, 0.1) is 5.71 Å². The third kappa shape index (κ3) is 6.25. The first-order valence-corrected chi connectivity index (χ1v) is 12.6. The van der Waals surface area contributed by atoms with Gasteiger partial charge in [-0.05, 0) is 34.9 Å². The first kappa shape index (κ1) is 24.7. The van der Waals surface area contributed by atoms with Crippen LogP contribution >= 0.6 is 0 Å². The van der Waals surface area contributed by atoms with Crippen molar-refractivity contribution in [2.75, 3.05) is 13.1 Å². The Morgan fingerprint density at radius 3 is 2.43 bits per heavy atom. The maximum Gasteiger partial charge on any atom is 0.267 e. The van der Waals surface area contributed by atoms with Crippen LogP contribution < -0.4 is 10.2 Å². The Morgan fingerprint density at radius 1 is 1.03 bits per heavy atom. The zero-order chi connectivity index (χ0) is 25.5. The number of nitrogens with one attached hydrogen (secondary N) is 1. The number of amides is 1. The Balaban J connectivity index is 1.35. The number of hydrogen-bond acceptors (Lipinski definition) is 6. The predicted octanol–water partition coefficient (Wildman–Crippen LogP) is 4.94. The number of ether oxygens (including phenoxy) is 1. The van der Waals surface area contributed by atoms with Crippen molar-refractivity contribution in [1.82, 2.24) is 10.4 Å². The summed E-state index contributed by atoms with van der Waals surface area (Å²) in [6.07, 6.45) is 5.36. The van der Waals surface area contributed by atoms with Crippen LogP contribution in [0.15, 0.2) is 90.1 Å². The van der Waals surface area contributed by atoms with E-state index < -0.39 is 5.91 Å². The third-order valence-electron chi connectivity index (χ3n) is 6.93. The molecule has 7 heteroatoms. The lowest BCUT2D eigenvalue weighted by atomic mass is 9.81. The molecular formula is C30H31N3O4. The van der Waals surface area contributed by atoms with Crippen LogP contribution in [0.4, 0.5) is 0 Å². The van der Waals surface area contributed by atoms with E-state index in [2.05, 4.69) is 34.3 Å². The van der Waals surface area contributed by atoms with Crippen molar-refractivity contribution in [2.24, 2.45) is 5.16 Å². The molecule has 5 rings (SSSR count). The molecule has 0 radical (unpaired) electrons. The minimum Gasteiger partial charge on any atom is -0.486 e. The fraction of sp³-hybridized carbons (Fsp3) is 0.267. The highest BCUT2D eigenvalue weighted by atomic mass is 16.6. The zero-order valence-corrected chi connectivity index (χ0v) is 20.7. The van der Waals surface area contributed by atoms with Gasteiger partial charge in [0, 0.05) is 50.5 Å². The lowest BCUT2D eigenvalue weighted by molar-refractivity contribution is -0.124. The van der Waals surface area contributed by atoms with E-state index in [1.54, 1.807) is 11.6 Å². The number of nitrogens with zero attached hydrogens (tertiary/aromatic N) is 2. The lowest BCUT2D eigenvalue weighted by Gasteiger charge is -2.44. The van der Waals surface area contributed by atoms with E-state index in [1.165, 1.54) is 11.6 Å². The first-order valence-electron chi connectivity index (χ1n) is 12.6. The summed E-state index contributed by atoms with van der Waals surface area (Å²) in [5.74, 6) is 0.184. The number of likely N-dealkylation sites (tertiary alicyclic amines) is 1. The van der Waals surface area contributed by atoms with Gasteiger partial charge >= 0.3 is 0 Å². The molecule has 2 heterocycles. The van der Waals surface area contributed by atoms with Crippen LogP contribution in [0.5, 0.6) is 5.75 Å². The maximum absolute atomic E-state index is 11.4. The van der Waals surface area contributed by atoms with Crippen molar-refractivity contribution in [3.05, 3.63) is 107 Å². The number of carbonyl (C=O) groups is 1. The normalized spacial score (nSPS) is 17.9. The van der Waals surface area contributed by atoms with Crippen molar-refractivity contribution >= 4 is 17.7 Å². The molecule has 0 aliphatic carbocycles. The van der Waals surface area contributed by atoms with E-state index >= 15 is 0 Å². The van der Waals surface area contributed by atoms with Gasteiger partial charge in [-0.15, -0.1) is 0 Å². The standard InChI is InChI=1S/C30H31N3O4/c34-29(31-35)14-12-23-11-13-28-26(19-23)27(32-36-22-25-9-5-2-6-10-25)20-30(37-28)15-17-33(18-16-30)21-24-7-3-1-4-8-24/h1-14,19,35H,15-18,20-22H2,(H,31,34)/b14-12+,32-27+. The second-order valence-corrected chi connectivity index (χ2v) is 9.59. The number of fused-ring (bicyclic) bond motifs is 1. The van der Waals surface area contributed by atoms with E-state index in [0.29, 0.717) is 13.0 Å². The molecule has 1 spiro atoms. The van der Waals surface area contributed by atoms with Crippen LogP contribution in [0.3, 0.4) is 0 Å². The van der Waals surface area contributed by atoms with Crippen molar-refractivity contribution in [2.45, 2.75) is 38.0 Å². The summed E-state index contributed by atoms with van der Waals surface area (Å²) in [4.78, 5) is 19.7. The molecule has 0 unspecified atom stereocenters. The molecule has 3 aromatic rings. The van der Waals surface area contributed by atoms with Crippen molar-refractivity contribution in [1.29, 1.82) is 0 Å². The summed E-state index contributed by atoms with van der Waals surface area (Å²) in [5.41, 5.74) is 6.15. The summed E-state index contributed by atoms with van der Waals surface area (Å²) in [6.45, 7) is 3.21. The van der Waals surface area contributed by atoms with Crippen LogP contribution in [0.25, 0.3) is 6.08 Å². The number of benzene rings is 3. The highest BCUT2D eigenvalue weighted by Gasteiger charge is 2.42. The highest BCUT2D eigenvalue weighted by molar-refractivity contribution is 6.04. The van der Waals surface area contributed by atoms with Crippen LogP contribution in [-0.4, -0.2) is 40.4 Å². The van der Waals surface area contributed by atoms with E-state index in [1.807, 2.05) is 54.6 Å². The summed E-state index contributed by atoms with van der Waals surface area (Å²) < 4.78 is 6.65. The van der Waals surface area contributed by atoms with Gasteiger partial charge in [-0.3, -0.25) is 14.9 Å². The minimum absolute atomic E-state index is 0.330. The zero-order valence-electron chi connectivity index (χ0n) is 20.7. The summed E-state index contributed by atoms with van der Waals surface area (Å²) >= 11 is 0. The number of rotatable bonds is 7. The first-order chi connectivity index (χ1) is 18.1. The van der Waals surface area contributed by atoms with Gasteiger partial charge in [0.1, 0.15) is 18.0 Å². The monoisotopic (exact) mass is 497 g/mol. The molecule has 190 valence electrons. The fourth-order valence-corrected chi connectivity index (χ4v) is 4.92. The number of oxime groups is 1. The van der Waals surface area contributed by atoms with E-state index in [-0.39, 0.29) is 5.60 Å². The van der Waals surface area contributed by atoms with Gasteiger partial charge in [0.25, 0.3) is 5.91 Å². The molecule has 0 bridgehead atoms. The molecule has 2 aliphatic heterocycles. The molecule has 1 fully saturated rings. The lowest BCUT2D eigenvalue weighted by Crippen LogP contribution is -2.50. The number of piperidine rings is 1. The summed E-state index contributed by atoms with van der Waals surface area (Å²) in [5, 5.41) is 13.4. The molecule has 0 atom stereocenters. The topological polar surface area (TPSA) is 83.4 Å². The number of carbonyl (C=O) groups excluding carboxylic acids is 1. The SMILES string of the molecule is O=C(/C=C/c1ccc2c(c1)/C(=N/OCc1ccccc1)CC1(CCN(Cc3ccccc3)CC1)O2)NO. The Bertz CT molecular complexity index is 1270. The van der Waals surface area contributed by atoms with Crippen molar-refractivity contribution in [3.8, 4) is 5.75 Å². The summed E-state index contributed by atoms with van der Waals surface area (Å²) in [6, 6.07) is 26.3. The summed E-state index contributed by atoms with van der Waals surface area (Å²) in [7, 11) is 0. The van der Waals surface area contributed by atoms with Crippen LogP contribution in [0.2, 0.25) is 0 Å². The van der Waals surface area contributed by atoms with Crippen molar-refractivity contribution in [3.63, 3.8) is 0 Å². The predicted molar refractivity (Wildman–Crippen MR) is 142 cm³/mol. The molecule has 2 N–H and O–H groups in total. The molecule has 2 aliphatic rings. The average molecular weight is 498 g/mol. The van der Waals surface area contributed by atoms with Gasteiger partial charge in [-0.1, -0.05) is 71.9 Å². The Labute approximate surface area is 217 Å². The largest absolute Gasteiger partial charge is 0.486 e. The smallest absolute Gasteiger partial charge is 0.267 e. The van der Waals surface area contributed by atoms with Crippen LogP contribution in [0.1, 0.15) is 41.5 Å². The molecule has 1 saturated heterocycles. The number of hydrogen-bond donors (Lipinski definition) is 2. The highest BCUT2D eigenvalue weighted by Crippen LogP contribution is 2.40. The van der Waals surface area contributed by atoms with Gasteiger partial charge < -0.3 is 9.57 Å². The van der Waals surface area contributed by atoms with Gasteiger partial charge in [-0.2, -0.15) is 0 Å². The Kier molecular flexibility index (Phi) is 7.63. The molecule has 7 nitrogen and oxygen atoms in total. The average Bonchev–Trinajstić information content (AvgIpc) is 2.94. The molecule has 37 heavy (non-hydrogen) atoms. The molecule has 0 aromatic heterocycles. The second-order valence-electron chi connectivity index (χ2n) is 9.59. The minimum atomic E-state index is -0.588. The molecular weight excluding hydrogens is 466 g/mol. The molecule has 1 amide bonds. The van der Waals surface area contributed by atoms with Crippen LogP contribution in [0, 0.1) is 0 Å². The second kappa shape index (κ2) is 11.4. The Hall–Kier alpha value is -3.94. The number of hydroxylamine groups is 1. The van der Waals surface area contributed by atoms with Gasteiger partial charge in [0.2, 0.25) is 0 Å². The molecule has 3 aromatic carbocycles. The van der Waals surface area contributed by atoms with E-state index in [4.69, 9.17) is 14.8 Å². The quantitative estimate of drug-likeness (QED) is 0.274. The van der Waals surface area contributed by atoms with Gasteiger partial charge in [-0.25, -0.2) is 5.48 Å².